The molecule has 30 heavy (non-hydrogen) atoms. The van der Waals surface area contributed by atoms with E-state index < -0.39 is 0 Å². The van der Waals surface area contributed by atoms with Crippen LogP contribution in [0.15, 0.2) is 54.9 Å². The van der Waals surface area contributed by atoms with E-state index in [1.165, 1.54) is 6.20 Å². The number of aromatic nitrogens is 3. The highest BCUT2D eigenvalue weighted by molar-refractivity contribution is 6.30. The summed E-state index contributed by atoms with van der Waals surface area (Å²) < 4.78 is 0. The monoisotopic (exact) mass is 441 g/mol. The summed E-state index contributed by atoms with van der Waals surface area (Å²) in [5.74, 6) is 1.12. The van der Waals surface area contributed by atoms with E-state index in [0.29, 0.717) is 35.2 Å². The Kier molecular flexibility index (Phi) is 6.16. The average molecular weight is 442 g/mol. The maximum Gasteiger partial charge on any atom is 0.255 e. The van der Waals surface area contributed by atoms with Crippen molar-refractivity contribution in [2.45, 2.75) is 12.8 Å². The normalized spacial score (nSPS) is 18.4. The summed E-state index contributed by atoms with van der Waals surface area (Å²) in [6.45, 7) is 3.77. The second-order valence-corrected chi connectivity index (χ2v) is 8.33. The van der Waals surface area contributed by atoms with Crippen LogP contribution >= 0.6 is 23.2 Å². The molecule has 0 spiro atoms. The number of carbonyl (C=O) groups excluding carboxylic acids is 1. The maximum absolute atomic E-state index is 13.1. The fourth-order valence-corrected chi connectivity index (χ4v) is 4.06. The maximum atomic E-state index is 13.1. The number of halogens is 2. The van der Waals surface area contributed by atoms with E-state index in [1.807, 2.05) is 42.2 Å². The van der Waals surface area contributed by atoms with Gasteiger partial charge in [-0.05, 0) is 42.8 Å². The quantitative estimate of drug-likeness (QED) is 0.632. The van der Waals surface area contributed by atoms with Crippen molar-refractivity contribution >= 4 is 34.9 Å². The molecule has 1 aromatic carbocycles. The molecule has 6 nitrogen and oxygen atoms in total. The van der Waals surface area contributed by atoms with Gasteiger partial charge in [0.25, 0.3) is 5.91 Å². The number of nitrogens with one attached hydrogen (secondary N) is 1. The molecule has 1 fully saturated rings. The van der Waals surface area contributed by atoms with Gasteiger partial charge >= 0.3 is 0 Å². The molecule has 154 valence electrons. The minimum Gasteiger partial charge on any atom is -0.370 e. The first-order chi connectivity index (χ1) is 14.5. The first-order valence-corrected chi connectivity index (χ1v) is 10.4. The number of hydrogen-bond acceptors (Lipinski definition) is 5. The zero-order chi connectivity index (χ0) is 21.1. The van der Waals surface area contributed by atoms with Gasteiger partial charge in [-0.2, -0.15) is 10.2 Å². The lowest BCUT2D eigenvalue weighted by Gasteiger charge is -2.19. The lowest BCUT2D eigenvalue weighted by atomic mass is 9.89. The van der Waals surface area contributed by atoms with Crippen LogP contribution in [0.1, 0.15) is 27.5 Å². The van der Waals surface area contributed by atoms with Crippen LogP contribution in [0.25, 0.3) is 0 Å². The van der Waals surface area contributed by atoms with Crippen LogP contribution in [0.2, 0.25) is 10.0 Å². The Morgan fingerprint density at radius 1 is 1.10 bits per heavy atom. The first kappa shape index (κ1) is 20.6. The van der Waals surface area contributed by atoms with Crippen molar-refractivity contribution in [2.75, 3.05) is 25.0 Å². The summed E-state index contributed by atoms with van der Waals surface area (Å²) in [7, 11) is 0. The van der Waals surface area contributed by atoms with E-state index in [2.05, 4.69) is 20.5 Å². The van der Waals surface area contributed by atoms with Crippen molar-refractivity contribution in [1.29, 1.82) is 0 Å². The Morgan fingerprint density at radius 2 is 1.87 bits per heavy atom. The highest BCUT2D eigenvalue weighted by atomic mass is 35.5. The zero-order valence-corrected chi connectivity index (χ0v) is 17.9. The Balaban J connectivity index is 1.54. The van der Waals surface area contributed by atoms with Gasteiger partial charge in [-0.3, -0.25) is 4.79 Å². The Hall–Kier alpha value is -2.70. The number of rotatable bonds is 5. The number of anilines is 1. The van der Waals surface area contributed by atoms with Crippen LogP contribution < -0.4 is 5.32 Å². The van der Waals surface area contributed by atoms with Crippen LogP contribution in [-0.4, -0.2) is 45.6 Å². The molecular formula is C22H21Cl2N5O. The molecule has 0 radical (unpaired) electrons. The van der Waals surface area contributed by atoms with Gasteiger partial charge in [0.2, 0.25) is 0 Å². The molecule has 2 aromatic heterocycles. The Bertz CT molecular complexity index is 1030. The molecule has 0 saturated carbocycles. The molecule has 0 unspecified atom stereocenters. The van der Waals surface area contributed by atoms with E-state index in [1.54, 1.807) is 18.3 Å². The molecule has 4 rings (SSSR count). The van der Waals surface area contributed by atoms with Crippen LogP contribution in [0.3, 0.4) is 0 Å². The minimum absolute atomic E-state index is 0.0286. The topological polar surface area (TPSA) is 71.0 Å². The summed E-state index contributed by atoms with van der Waals surface area (Å²) in [6, 6.07) is 13.3. The molecule has 1 aliphatic heterocycles. The van der Waals surface area contributed by atoms with E-state index >= 15 is 0 Å². The molecule has 0 bridgehead atoms. The number of hydrogen-bond donors (Lipinski definition) is 1. The predicted molar refractivity (Wildman–Crippen MR) is 118 cm³/mol. The molecule has 1 saturated heterocycles. The molecule has 1 N–H and O–H groups in total. The average Bonchev–Trinajstić information content (AvgIpc) is 3.17. The van der Waals surface area contributed by atoms with Crippen molar-refractivity contribution in [2.24, 2.45) is 5.92 Å². The highest BCUT2D eigenvalue weighted by Crippen LogP contribution is 2.34. The summed E-state index contributed by atoms with van der Waals surface area (Å²) in [4.78, 5) is 19.3. The second kappa shape index (κ2) is 8.98. The molecule has 8 heteroatoms. The number of carbonyl (C=O) groups is 1. The lowest BCUT2D eigenvalue weighted by Crippen LogP contribution is -2.30. The van der Waals surface area contributed by atoms with Crippen molar-refractivity contribution in [1.82, 2.24) is 20.1 Å². The largest absolute Gasteiger partial charge is 0.370 e. The second-order valence-electron chi connectivity index (χ2n) is 7.46. The van der Waals surface area contributed by atoms with Gasteiger partial charge in [0, 0.05) is 42.7 Å². The number of benzene rings is 1. The third-order valence-electron chi connectivity index (χ3n) is 5.32. The number of amides is 1. The van der Waals surface area contributed by atoms with Gasteiger partial charge in [-0.25, -0.2) is 4.98 Å². The van der Waals surface area contributed by atoms with E-state index in [-0.39, 0.29) is 17.7 Å². The Morgan fingerprint density at radius 3 is 2.57 bits per heavy atom. The van der Waals surface area contributed by atoms with Gasteiger partial charge in [-0.1, -0.05) is 35.3 Å². The third-order valence-corrected chi connectivity index (χ3v) is 5.80. The van der Waals surface area contributed by atoms with Crippen molar-refractivity contribution < 1.29 is 4.79 Å². The van der Waals surface area contributed by atoms with Gasteiger partial charge in [-0.15, -0.1) is 0 Å². The zero-order valence-electron chi connectivity index (χ0n) is 16.4. The lowest BCUT2D eigenvalue weighted by molar-refractivity contribution is 0.0786. The van der Waals surface area contributed by atoms with Crippen LogP contribution in [0.5, 0.6) is 0 Å². The SMILES string of the molecule is Cc1cc(C(=O)N2C[C@H](CNc3ccc(Cl)cn3)[C@@H](c3ccc(Cl)cc3)C2)cnn1. The molecule has 3 aromatic rings. The van der Waals surface area contributed by atoms with Gasteiger partial charge in [0.1, 0.15) is 5.82 Å². The van der Waals surface area contributed by atoms with E-state index in [0.717, 1.165) is 17.1 Å². The molecule has 1 aliphatic rings. The third kappa shape index (κ3) is 4.71. The van der Waals surface area contributed by atoms with Crippen molar-refractivity contribution in [3.63, 3.8) is 0 Å². The van der Waals surface area contributed by atoms with E-state index in [9.17, 15) is 4.79 Å². The fourth-order valence-electron chi connectivity index (χ4n) is 3.82. The van der Waals surface area contributed by atoms with Crippen LogP contribution in [0, 0.1) is 12.8 Å². The number of likely N-dealkylation sites (tertiary alicyclic amines) is 1. The summed E-state index contributed by atoms with van der Waals surface area (Å²) in [5, 5.41) is 12.5. The van der Waals surface area contributed by atoms with Gasteiger partial charge in [0.15, 0.2) is 0 Å². The smallest absolute Gasteiger partial charge is 0.255 e. The molecule has 0 aliphatic carbocycles. The highest BCUT2D eigenvalue weighted by Gasteiger charge is 2.36. The molecule has 2 atom stereocenters. The van der Waals surface area contributed by atoms with Gasteiger partial charge < -0.3 is 10.2 Å². The summed E-state index contributed by atoms with van der Waals surface area (Å²) in [5.41, 5.74) is 2.45. The summed E-state index contributed by atoms with van der Waals surface area (Å²) in [6.07, 6.45) is 3.14. The Labute approximate surface area is 185 Å². The van der Waals surface area contributed by atoms with Gasteiger partial charge in [0.05, 0.1) is 22.5 Å². The molecule has 1 amide bonds. The molecular weight excluding hydrogens is 421 g/mol. The number of pyridine rings is 1. The minimum atomic E-state index is -0.0286. The number of nitrogens with zero attached hydrogens (tertiary/aromatic N) is 4. The fraction of sp³-hybridized carbons (Fsp3) is 0.273. The number of aryl methyl sites for hydroxylation is 1. The van der Waals surface area contributed by atoms with Crippen LogP contribution in [-0.2, 0) is 0 Å². The van der Waals surface area contributed by atoms with Crippen molar-refractivity contribution in [3.05, 3.63) is 81.7 Å². The first-order valence-electron chi connectivity index (χ1n) is 9.69. The predicted octanol–water partition coefficient (Wildman–Crippen LogP) is 4.45. The molecule has 3 heterocycles. The van der Waals surface area contributed by atoms with Crippen molar-refractivity contribution in [3.8, 4) is 0 Å². The van der Waals surface area contributed by atoms with E-state index in [4.69, 9.17) is 23.2 Å². The summed E-state index contributed by atoms with van der Waals surface area (Å²) >= 11 is 12.0. The standard InChI is InChI=1S/C22H21Cl2N5O/c1-14-8-16(10-27-28-14)22(30)29-12-17(9-25-21-7-6-19(24)11-26-21)20(13-29)15-2-4-18(23)5-3-15/h2-8,10-11,17,20H,9,12-13H2,1H3,(H,25,26)/t17-,20+/m0/s1. The van der Waals surface area contributed by atoms with Crippen LogP contribution in [0.4, 0.5) is 5.82 Å².